The van der Waals surface area contributed by atoms with Gasteiger partial charge in [0.15, 0.2) is 19.7 Å². The lowest BCUT2D eigenvalue weighted by molar-refractivity contribution is 0.581. The number of fused-ring (bicyclic) bond motifs is 1. The van der Waals surface area contributed by atoms with Crippen molar-refractivity contribution in [3.8, 4) is 0 Å². The van der Waals surface area contributed by atoms with Gasteiger partial charge in [0.2, 0.25) is 0 Å². The zero-order valence-electron chi connectivity index (χ0n) is 16.4. The zero-order valence-corrected chi connectivity index (χ0v) is 18.0. The van der Waals surface area contributed by atoms with E-state index in [-0.39, 0.29) is 9.79 Å². The van der Waals surface area contributed by atoms with Crippen LogP contribution in [-0.2, 0) is 32.6 Å². The van der Waals surface area contributed by atoms with E-state index in [1.807, 2.05) is 24.3 Å². The molecular formula is C23H23NO4S2. The van der Waals surface area contributed by atoms with E-state index in [4.69, 9.17) is 0 Å². The van der Waals surface area contributed by atoms with Gasteiger partial charge < -0.3 is 5.32 Å². The number of benzene rings is 3. The molecule has 3 aromatic rings. The Morgan fingerprint density at radius 1 is 0.867 bits per heavy atom. The minimum Gasteiger partial charge on any atom is -0.312 e. The molecule has 0 bridgehead atoms. The van der Waals surface area contributed by atoms with Gasteiger partial charge in [0.1, 0.15) is 5.25 Å². The molecule has 1 N–H and O–H groups in total. The largest absolute Gasteiger partial charge is 0.312 e. The summed E-state index contributed by atoms with van der Waals surface area (Å²) in [6.45, 7) is 1.11. The van der Waals surface area contributed by atoms with Crippen molar-refractivity contribution < 1.29 is 16.8 Å². The van der Waals surface area contributed by atoms with Gasteiger partial charge in [-0.3, -0.25) is 0 Å². The molecule has 5 nitrogen and oxygen atoms in total. The molecule has 0 saturated carbocycles. The molecule has 1 aliphatic heterocycles. The third-order valence-corrected chi connectivity index (χ3v) is 9.47. The van der Waals surface area contributed by atoms with Crippen molar-refractivity contribution in [2.24, 2.45) is 0 Å². The fourth-order valence-corrected chi connectivity index (χ4v) is 8.29. The van der Waals surface area contributed by atoms with E-state index in [1.165, 1.54) is 23.8 Å². The predicted molar refractivity (Wildman–Crippen MR) is 117 cm³/mol. The van der Waals surface area contributed by atoms with E-state index in [0.717, 1.165) is 6.42 Å². The van der Waals surface area contributed by atoms with Gasteiger partial charge in [-0.1, -0.05) is 60.7 Å². The van der Waals surface area contributed by atoms with Gasteiger partial charge in [-0.15, -0.1) is 0 Å². The predicted octanol–water partition coefficient (Wildman–Crippen LogP) is 3.32. The number of nitrogens with one attached hydrogen (secondary N) is 1. The number of sulfone groups is 2. The second-order valence-corrected chi connectivity index (χ2v) is 11.5. The molecule has 1 aliphatic rings. The average molecular weight is 442 g/mol. The van der Waals surface area contributed by atoms with E-state index < -0.39 is 30.7 Å². The fourth-order valence-electron chi connectivity index (χ4n) is 3.87. The highest BCUT2D eigenvalue weighted by atomic mass is 32.2. The van der Waals surface area contributed by atoms with Gasteiger partial charge in [-0.25, -0.2) is 16.8 Å². The van der Waals surface area contributed by atoms with Crippen molar-refractivity contribution in [1.29, 1.82) is 0 Å². The first kappa shape index (κ1) is 20.8. The number of hydrogen-bond acceptors (Lipinski definition) is 5. The van der Waals surface area contributed by atoms with Crippen LogP contribution in [0.5, 0.6) is 0 Å². The lowest BCUT2D eigenvalue weighted by Gasteiger charge is -2.16. The van der Waals surface area contributed by atoms with Crippen LogP contribution < -0.4 is 5.32 Å². The molecule has 1 unspecified atom stereocenters. The normalized spacial score (nSPS) is 17.5. The molecule has 4 rings (SSSR count). The number of hydrogen-bond donors (Lipinski definition) is 1. The second kappa shape index (κ2) is 8.34. The lowest BCUT2D eigenvalue weighted by Crippen LogP contribution is -2.20. The van der Waals surface area contributed by atoms with E-state index in [0.29, 0.717) is 24.2 Å². The minimum atomic E-state index is -3.83. The van der Waals surface area contributed by atoms with E-state index >= 15 is 0 Å². The molecule has 1 atom stereocenters. The third kappa shape index (κ3) is 4.05. The summed E-state index contributed by atoms with van der Waals surface area (Å²) < 4.78 is 52.0. The van der Waals surface area contributed by atoms with Crippen LogP contribution in [0.15, 0.2) is 88.7 Å². The molecule has 156 valence electrons. The molecule has 0 radical (unpaired) electrons. The summed E-state index contributed by atoms with van der Waals surface area (Å²) in [7, 11) is -7.48. The van der Waals surface area contributed by atoms with Crippen LogP contribution in [0.3, 0.4) is 0 Å². The van der Waals surface area contributed by atoms with Crippen molar-refractivity contribution in [2.75, 3.05) is 12.3 Å². The van der Waals surface area contributed by atoms with Crippen molar-refractivity contribution in [2.45, 2.75) is 28.0 Å². The Kier molecular flexibility index (Phi) is 5.77. The minimum absolute atomic E-state index is 0.134. The van der Waals surface area contributed by atoms with Crippen molar-refractivity contribution >= 4 is 19.7 Å². The van der Waals surface area contributed by atoms with Crippen molar-refractivity contribution in [1.82, 2.24) is 5.32 Å². The van der Waals surface area contributed by atoms with Crippen LogP contribution in [0.2, 0.25) is 0 Å². The molecule has 3 aromatic carbocycles. The standard InChI is InChI=1S/C23H23NO4S2/c25-29(26)17-22(30(27,28)20-11-5-2-6-12-20)23-19(10-7-13-21(23)29)16-24-15-14-18-8-3-1-4-9-18/h1-13,22,24H,14-17H2. The first-order valence-corrected chi connectivity index (χ1v) is 13.0. The Morgan fingerprint density at radius 3 is 2.23 bits per heavy atom. The summed E-state index contributed by atoms with van der Waals surface area (Å²) >= 11 is 0. The Balaban J connectivity index is 1.61. The summed E-state index contributed by atoms with van der Waals surface area (Å²) in [5, 5.41) is 2.24. The van der Waals surface area contributed by atoms with Crippen molar-refractivity contribution in [3.05, 3.63) is 95.6 Å². The molecule has 0 aliphatic carbocycles. The van der Waals surface area contributed by atoms with Crippen LogP contribution in [0.25, 0.3) is 0 Å². The summed E-state index contributed by atoms with van der Waals surface area (Å²) in [5.41, 5.74) is 2.33. The highest BCUT2D eigenvalue weighted by Gasteiger charge is 2.44. The number of rotatable bonds is 7. The molecule has 30 heavy (non-hydrogen) atoms. The van der Waals surface area contributed by atoms with E-state index in [2.05, 4.69) is 17.4 Å². The maximum Gasteiger partial charge on any atom is 0.186 e. The summed E-state index contributed by atoms with van der Waals surface area (Å²) in [4.78, 5) is 0.277. The van der Waals surface area contributed by atoms with E-state index in [9.17, 15) is 16.8 Å². The highest BCUT2D eigenvalue weighted by molar-refractivity contribution is 7.96. The van der Waals surface area contributed by atoms with Gasteiger partial charge >= 0.3 is 0 Å². The maximum atomic E-state index is 13.3. The molecule has 0 amide bonds. The summed E-state index contributed by atoms with van der Waals surface area (Å²) in [5.74, 6) is -0.416. The Hall–Kier alpha value is -2.48. The molecule has 0 saturated heterocycles. The topological polar surface area (TPSA) is 80.3 Å². The molecular weight excluding hydrogens is 418 g/mol. The van der Waals surface area contributed by atoms with Crippen LogP contribution in [0, 0.1) is 0 Å². The Morgan fingerprint density at radius 2 is 1.53 bits per heavy atom. The van der Waals surface area contributed by atoms with Gasteiger partial charge in [0, 0.05) is 6.54 Å². The maximum absolute atomic E-state index is 13.3. The van der Waals surface area contributed by atoms with Gasteiger partial charge in [0.05, 0.1) is 15.5 Å². The Labute approximate surface area is 177 Å². The van der Waals surface area contributed by atoms with E-state index in [1.54, 1.807) is 24.3 Å². The van der Waals surface area contributed by atoms with Crippen LogP contribution in [-0.4, -0.2) is 29.1 Å². The molecule has 0 aromatic heterocycles. The fraction of sp³-hybridized carbons (Fsp3) is 0.217. The van der Waals surface area contributed by atoms with Gasteiger partial charge in [-0.05, 0) is 47.9 Å². The Bertz CT molecular complexity index is 1240. The van der Waals surface area contributed by atoms with Crippen LogP contribution in [0.1, 0.15) is 21.9 Å². The lowest BCUT2D eigenvalue weighted by atomic mass is 10.0. The molecule has 1 heterocycles. The second-order valence-electron chi connectivity index (χ2n) is 7.37. The monoisotopic (exact) mass is 441 g/mol. The van der Waals surface area contributed by atoms with Gasteiger partial charge in [0.25, 0.3) is 0 Å². The molecule has 7 heteroatoms. The average Bonchev–Trinajstić information content (AvgIpc) is 3.05. The third-order valence-electron chi connectivity index (χ3n) is 5.38. The summed E-state index contributed by atoms with van der Waals surface area (Å²) in [6.07, 6.45) is 0.833. The van der Waals surface area contributed by atoms with Crippen LogP contribution in [0.4, 0.5) is 0 Å². The quantitative estimate of drug-likeness (QED) is 0.569. The van der Waals surface area contributed by atoms with Crippen LogP contribution >= 0.6 is 0 Å². The SMILES string of the molecule is O=S1(=O)CC(S(=O)(=O)c2ccccc2)c2c(CNCCc3ccccc3)cccc21. The first-order chi connectivity index (χ1) is 14.4. The van der Waals surface area contributed by atoms with Crippen molar-refractivity contribution in [3.63, 3.8) is 0 Å². The first-order valence-electron chi connectivity index (χ1n) is 9.78. The molecule has 0 fully saturated rings. The zero-order chi connectivity index (χ0) is 21.2. The summed E-state index contributed by atoms with van der Waals surface area (Å²) in [6, 6.07) is 23.1. The molecule has 0 spiro atoms. The smallest absolute Gasteiger partial charge is 0.186 e. The highest BCUT2D eigenvalue weighted by Crippen LogP contribution is 2.42. The van der Waals surface area contributed by atoms with Gasteiger partial charge in [-0.2, -0.15) is 0 Å².